The van der Waals surface area contributed by atoms with Crippen molar-refractivity contribution in [1.29, 1.82) is 31.6 Å². The average molecular weight is 927 g/mol. The second kappa shape index (κ2) is 23.1. The van der Waals surface area contributed by atoms with E-state index in [4.69, 9.17) is 71.9 Å². The van der Waals surface area contributed by atoms with Gasteiger partial charge >= 0.3 is 0 Å². The van der Waals surface area contributed by atoms with Gasteiger partial charge in [0, 0.05) is 0 Å². The minimum atomic E-state index is -0.0175. The van der Waals surface area contributed by atoms with Gasteiger partial charge in [-0.1, -0.05) is 24.3 Å². The smallest absolute Gasteiger partial charge is 0.261 e. The maximum atomic E-state index is 8.82. The number of allylic oxidation sites excluding steroid dienone is 12. The Bertz CT molecular complexity index is 3200. The molecule has 0 spiro atoms. The molecule has 0 atom stereocenters. The fourth-order valence-electron chi connectivity index (χ4n) is 5.94. The summed E-state index contributed by atoms with van der Waals surface area (Å²) < 4.78 is 35.5. The lowest BCUT2D eigenvalue weighted by molar-refractivity contribution is 0.174. The van der Waals surface area contributed by atoms with Crippen molar-refractivity contribution < 1.29 is 27.1 Å². The standard InChI is InChI=1S/C26H14N4O4S.C26H16N4O2S/c1-29-17(15-27)5-3-7-19-9-11-21(33-19)25-23-24(32-14-13-31-23)26(35-25)22-12-10-20(34-22)8-4-6-18(16-28)30-2;1-17-18(2)26(24-12-10-22(32-24)8-4-6-20(15-29)16-30)33-25(17)23-11-9-21(31-23)7-3-5-19(13-27)14-28/h3-12H,13-14H2;3-12H,1-2H3/b7-3+,8-4+,17-5-,18-6+;7-3+,8-4+. The average Bonchev–Trinajstić information content (AvgIpc) is 4.25. The van der Waals surface area contributed by atoms with Gasteiger partial charge in [0.2, 0.25) is 0 Å². The molecule has 7 rings (SSSR count). The molecule has 6 aromatic heterocycles. The van der Waals surface area contributed by atoms with Crippen LogP contribution in [0.5, 0.6) is 11.5 Å². The SMILES string of the molecule is Cc1c(-c2ccc(/C=C/C=C(C#N)C#N)o2)sc(-c2ccc(/C=C/C=C(C#N)C#N)o2)c1C.[C-]#[N+]/C(C#N)=C\C=C\c1ccc(-c2sc(-c3ccc(/C=C/C=C(\C#N)[N+]#[C-])o3)c3c2OCCO3)o1. The van der Waals surface area contributed by atoms with Crippen molar-refractivity contribution in [2.75, 3.05) is 13.2 Å². The van der Waals surface area contributed by atoms with Crippen LogP contribution in [0.25, 0.3) is 76.5 Å². The number of hydrogen-bond donors (Lipinski definition) is 0. The normalized spacial score (nSPS) is 11.9. The van der Waals surface area contributed by atoms with Crippen molar-refractivity contribution in [1.82, 2.24) is 0 Å². The highest BCUT2D eigenvalue weighted by Gasteiger charge is 2.29. The van der Waals surface area contributed by atoms with E-state index >= 15 is 0 Å². The fourth-order valence-corrected chi connectivity index (χ4v) is 8.29. The zero-order valence-electron chi connectivity index (χ0n) is 35.8. The summed E-state index contributed by atoms with van der Waals surface area (Å²) in [5.41, 5.74) is 2.17. The third-order valence-corrected chi connectivity index (χ3v) is 11.9. The molecule has 0 unspecified atom stereocenters. The molecule has 16 heteroatoms. The molecule has 0 radical (unpaired) electrons. The van der Waals surface area contributed by atoms with E-state index in [1.165, 1.54) is 35.6 Å². The Hall–Kier alpha value is -10.0. The second-order valence-electron chi connectivity index (χ2n) is 13.5. The zero-order valence-corrected chi connectivity index (χ0v) is 37.4. The Kier molecular flexibility index (Phi) is 16.1. The van der Waals surface area contributed by atoms with Crippen molar-refractivity contribution in [3.8, 4) is 90.5 Å². The van der Waals surface area contributed by atoms with Crippen molar-refractivity contribution in [3.05, 3.63) is 177 Å². The van der Waals surface area contributed by atoms with Gasteiger partial charge in [-0.2, -0.15) is 21.0 Å². The van der Waals surface area contributed by atoms with E-state index in [2.05, 4.69) is 9.69 Å². The molecular formula is C52H30N8O6S2. The Labute approximate surface area is 398 Å². The number of fused-ring (bicyclic) bond motifs is 1. The first-order chi connectivity index (χ1) is 33.2. The van der Waals surface area contributed by atoms with Crippen LogP contribution in [0.15, 0.2) is 137 Å². The number of ether oxygens (including phenoxy) is 2. The quantitative estimate of drug-likeness (QED) is 0.0635. The van der Waals surface area contributed by atoms with Gasteiger partial charge in [0.05, 0.1) is 35.0 Å². The zero-order chi connectivity index (χ0) is 48.4. The van der Waals surface area contributed by atoms with E-state index in [0.29, 0.717) is 70.8 Å². The van der Waals surface area contributed by atoms with Gasteiger partial charge in [0.1, 0.15) is 104 Å². The Balaban J connectivity index is 0.000000224. The maximum Gasteiger partial charge on any atom is 0.261 e. The third-order valence-electron chi connectivity index (χ3n) is 9.28. The van der Waals surface area contributed by atoms with Gasteiger partial charge in [0.25, 0.3) is 11.4 Å². The molecule has 68 heavy (non-hydrogen) atoms. The summed E-state index contributed by atoms with van der Waals surface area (Å²) in [5.74, 6) is 6.06. The first kappa shape index (κ1) is 47.4. The van der Waals surface area contributed by atoms with Crippen LogP contribution in [0.4, 0.5) is 0 Å². The van der Waals surface area contributed by atoms with Crippen LogP contribution < -0.4 is 9.47 Å². The van der Waals surface area contributed by atoms with Crippen LogP contribution in [-0.2, 0) is 0 Å². The molecule has 0 fully saturated rings. The number of nitrogens with zero attached hydrogens (tertiary/aromatic N) is 8. The summed E-state index contributed by atoms with van der Waals surface area (Å²) in [4.78, 5) is 9.66. The lowest BCUT2D eigenvalue weighted by Crippen LogP contribution is -2.14. The molecule has 0 aromatic carbocycles. The highest BCUT2D eigenvalue weighted by atomic mass is 32.1. The van der Waals surface area contributed by atoms with Crippen molar-refractivity contribution in [2.24, 2.45) is 0 Å². The molecule has 1 aliphatic rings. The Morgan fingerprint density at radius 2 is 0.779 bits per heavy atom. The Morgan fingerprint density at radius 1 is 0.471 bits per heavy atom. The van der Waals surface area contributed by atoms with Crippen molar-refractivity contribution >= 4 is 47.0 Å². The largest absolute Gasteiger partial charge is 0.484 e. The lowest BCUT2D eigenvalue weighted by atomic mass is 10.1. The molecule has 6 aromatic rings. The molecule has 0 bridgehead atoms. The van der Waals surface area contributed by atoms with Crippen LogP contribution >= 0.6 is 22.7 Å². The molecule has 0 saturated carbocycles. The van der Waals surface area contributed by atoms with E-state index in [1.807, 2.05) is 50.2 Å². The van der Waals surface area contributed by atoms with Crippen molar-refractivity contribution in [3.63, 3.8) is 0 Å². The predicted molar refractivity (Wildman–Crippen MR) is 255 cm³/mol. The van der Waals surface area contributed by atoms with E-state index in [0.717, 1.165) is 30.6 Å². The summed E-state index contributed by atoms with van der Waals surface area (Å²) in [5, 5.41) is 52.8. The maximum absolute atomic E-state index is 8.82. The van der Waals surface area contributed by atoms with E-state index in [-0.39, 0.29) is 22.5 Å². The van der Waals surface area contributed by atoms with Crippen LogP contribution in [0.3, 0.4) is 0 Å². The van der Waals surface area contributed by atoms with Crippen molar-refractivity contribution in [2.45, 2.75) is 13.8 Å². The van der Waals surface area contributed by atoms with Gasteiger partial charge in [-0.05, 0) is 122 Å². The number of rotatable bonds is 12. The van der Waals surface area contributed by atoms with Crippen LogP contribution in [-0.4, -0.2) is 13.2 Å². The number of hydrogen-bond acceptors (Lipinski definition) is 14. The topological polar surface area (TPSA) is 222 Å². The number of nitriles is 6. The van der Waals surface area contributed by atoms with Crippen LogP contribution in [0.1, 0.15) is 34.2 Å². The molecule has 0 amide bonds. The first-order valence-corrected chi connectivity index (χ1v) is 21.4. The highest BCUT2D eigenvalue weighted by molar-refractivity contribution is 7.19. The van der Waals surface area contributed by atoms with Gasteiger partial charge in [0.15, 0.2) is 11.5 Å². The Morgan fingerprint density at radius 3 is 1.09 bits per heavy atom. The van der Waals surface area contributed by atoms with E-state index in [1.54, 1.807) is 108 Å². The molecule has 1 aliphatic heterocycles. The monoisotopic (exact) mass is 926 g/mol. The minimum Gasteiger partial charge on any atom is -0.484 e. The summed E-state index contributed by atoms with van der Waals surface area (Å²) in [6, 6.07) is 25.4. The van der Waals surface area contributed by atoms with Crippen LogP contribution in [0, 0.1) is 95.0 Å². The molecule has 326 valence electrons. The third kappa shape index (κ3) is 11.6. The molecule has 0 aliphatic carbocycles. The van der Waals surface area contributed by atoms with Gasteiger partial charge in [-0.25, -0.2) is 20.2 Å². The van der Waals surface area contributed by atoms with E-state index < -0.39 is 0 Å². The number of furan rings is 4. The number of thiophene rings is 2. The molecule has 0 saturated heterocycles. The highest BCUT2D eigenvalue weighted by Crippen LogP contribution is 2.54. The minimum absolute atomic E-state index is 0.0175. The van der Waals surface area contributed by atoms with Gasteiger partial charge in [-0.3, -0.25) is 0 Å². The molecule has 0 N–H and O–H groups in total. The summed E-state index contributed by atoms with van der Waals surface area (Å²) in [6.45, 7) is 18.7. The van der Waals surface area contributed by atoms with Crippen LogP contribution in [0.2, 0.25) is 0 Å². The van der Waals surface area contributed by atoms with Gasteiger partial charge in [-0.15, -0.1) is 22.7 Å². The summed E-state index contributed by atoms with van der Waals surface area (Å²) in [6.07, 6.45) is 18.8. The molecule has 14 nitrogen and oxygen atoms in total. The molecular weight excluding hydrogens is 897 g/mol. The predicted octanol–water partition coefficient (Wildman–Crippen LogP) is 13.6. The second-order valence-corrected chi connectivity index (χ2v) is 15.6. The lowest BCUT2D eigenvalue weighted by Gasteiger charge is -2.16. The first-order valence-electron chi connectivity index (χ1n) is 19.8. The fraction of sp³-hybridized carbons (Fsp3) is 0.0769. The van der Waals surface area contributed by atoms with E-state index in [9.17, 15) is 0 Å². The summed E-state index contributed by atoms with van der Waals surface area (Å²) in [7, 11) is 0. The summed E-state index contributed by atoms with van der Waals surface area (Å²) >= 11 is 2.96. The van der Waals surface area contributed by atoms with Gasteiger partial charge < -0.3 is 27.1 Å². The molecule has 7 heterocycles.